The Balaban J connectivity index is 2.33. The molecule has 0 aliphatic carbocycles. The Labute approximate surface area is 178 Å². The number of aromatic hydroxyl groups is 1. The van der Waals surface area contributed by atoms with Crippen molar-refractivity contribution >= 4 is 73.7 Å². The normalized spacial score (nSPS) is 15.4. The number of ether oxygens (including phenoxy) is 1. The number of carboxylic acid groups (broad SMARTS) is 1. The van der Waals surface area contributed by atoms with Crippen molar-refractivity contribution in [2.24, 2.45) is 5.72 Å². The van der Waals surface area contributed by atoms with Crippen LogP contribution < -0.4 is 10.5 Å². The van der Waals surface area contributed by atoms with Gasteiger partial charge >= 0.3 is 5.97 Å². The molecular formula is C15H12I3NO4. The third-order valence-electron chi connectivity index (χ3n) is 2.82. The highest BCUT2D eigenvalue weighted by Gasteiger charge is 2.16. The smallest absolute Gasteiger partial charge is 0.320 e. The van der Waals surface area contributed by atoms with Gasteiger partial charge in [-0.2, -0.15) is 0 Å². The molecule has 2 rings (SSSR count). The van der Waals surface area contributed by atoms with E-state index in [9.17, 15) is 15.0 Å². The standard InChI is InChI=1S/C15H12I3NO4/c16-9-6-8(1-2-13(9)20)23-14-10(17)3-7(4-11(14)18)5-12(19)15(21)22/h1-4,6,12,20H,5,19H2,(H,21,22)/t12-/m0/s1/i12T/hT2. The maximum atomic E-state index is 11.3. The lowest BCUT2D eigenvalue weighted by Crippen LogP contribution is -2.32. The summed E-state index contributed by atoms with van der Waals surface area (Å²) in [7, 11) is 0. The Bertz CT molecular complexity index is 830. The van der Waals surface area contributed by atoms with E-state index in [1.165, 1.54) is 6.07 Å². The van der Waals surface area contributed by atoms with Crippen LogP contribution in [0, 0.1) is 10.7 Å². The molecule has 0 bridgehead atoms. The second kappa shape index (κ2) is 8.16. The summed E-state index contributed by atoms with van der Waals surface area (Å²) in [5, 5.41) is 18.8. The van der Waals surface area contributed by atoms with Crippen LogP contribution in [0.3, 0.4) is 0 Å². The van der Waals surface area contributed by atoms with Gasteiger partial charge in [0.1, 0.15) is 20.3 Å². The second-order valence-electron chi connectivity index (χ2n) is 4.53. The summed E-state index contributed by atoms with van der Waals surface area (Å²) >= 11 is 6.08. The van der Waals surface area contributed by atoms with Crippen LogP contribution in [-0.4, -0.2) is 22.2 Å². The molecule has 8 heteroatoms. The van der Waals surface area contributed by atoms with Gasteiger partial charge in [0.15, 0.2) is 5.75 Å². The summed E-state index contributed by atoms with van der Waals surface area (Å²) in [6, 6.07) is 5.78. The predicted molar refractivity (Wildman–Crippen MR) is 112 cm³/mol. The molecule has 2 aromatic rings. The van der Waals surface area contributed by atoms with Crippen molar-refractivity contribution < 1.29 is 23.9 Å². The molecule has 23 heavy (non-hydrogen) atoms. The molecule has 0 unspecified atom stereocenters. The summed E-state index contributed by atoms with van der Waals surface area (Å²) in [6.45, 7) is 0. The first-order valence-corrected chi connectivity index (χ1v) is 9.44. The zero-order chi connectivity index (χ0) is 19.6. The minimum absolute atomic E-state index is 0.113. The second-order valence-corrected chi connectivity index (χ2v) is 8.02. The summed E-state index contributed by atoms with van der Waals surface area (Å²) in [5.41, 5.74) is 0.394. The van der Waals surface area contributed by atoms with Crippen LogP contribution in [0.25, 0.3) is 0 Å². The summed E-state index contributed by atoms with van der Waals surface area (Å²) in [6.07, 6.45) is -0.321. The van der Waals surface area contributed by atoms with E-state index in [1.807, 2.05) is 67.8 Å². The van der Waals surface area contributed by atoms with Crippen molar-refractivity contribution in [2.75, 3.05) is 0 Å². The van der Waals surface area contributed by atoms with E-state index in [1.54, 1.807) is 24.3 Å². The molecule has 0 saturated carbocycles. The number of phenolic OH excluding ortho intramolecular Hbond substituents is 1. The minimum Gasteiger partial charge on any atom is -0.507 e. The van der Waals surface area contributed by atoms with Crippen molar-refractivity contribution in [3.63, 3.8) is 0 Å². The van der Waals surface area contributed by atoms with E-state index in [0.717, 1.165) is 0 Å². The number of phenols is 1. The fraction of sp³-hybridized carbons (Fsp3) is 0.133. The molecule has 0 fully saturated rings. The molecule has 1 atom stereocenters. The molecule has 122 valence electrons. The first kappa shape index (κ1) is 15.0. The maximum absolute atomic E-state index is 11.3. The number of hydrogen-bond acceptors (Lipinski definition) is 4. The molecule has 2 aromatic carbocycles. The molecule has 0 amide bonds. The van der Waals surface area contributed by atoms with Gasteiger partial charge < -0.3 is 20.7 Å². The molecular weight excluding hydrogens is 639 g/mol. The van der Waals surface area contributed by atoms with Gasteiger partial charge in [0, 0.05) is 0 Å². The molecule has 5 nitrogen and oxygen atoms in total. The van der Waals surface area contributed by atoms with Gasteiger partial charge in [-0.3, -0.25) is 4.79 Å². The fourth-order valence-corrected chi connectivity index (χ4v) is 4.35. The van der Waals surface area contributed by atoms with E-state index in [0.29, 0.717) is 27.8 Å². The van der Waals surface area contributed by atoms with Crippen LogP contribution in [0.15, 0.2) is 30.3 Å². The molecule has 0 saturated heterocycles. The first-order valence-electron chi connectivity index (χ1n) is 7.59. The molecule has 0 aromatic heterocycles. The van der Waals surface area contributed by atoms with Crippen molar-refractivity contribution in [1.82, 2.24) is 0 Å². The SMILES string of the molecule is [3H]N([3H])[C@@]([3H])(Cc1cc(I)c(Oc2ccc(O)c(I)c2)c(I)c1)C(=O)O. The van der Waals surface area contributed by atoms with Crippen LogP contribution in [0.2, 0.25) is 2.82 Å². The minimum atomic E-state index is -2.40. The number of rotatable bonds is 6. The Morgan fingerprint density at radius 3 is 2.43 bits per heavy atom. The summed E-state index contributed by atoms with van der Waals surface area (Å²) in [4.78, 5) is 11.3. The van der Waals surface area contributed by atoms with Gasteiger partial charge in [-0.15, -0.1) is 0 Å². The van der Waals surface area contributed by atoms with Gasteiger partial charge in [0.05, 0.1) is 12.1 Å². The number of hydrogen-bond donors (Lipinski definition) is 3. The van der Waals surface area contributed by atoms with E-state index in [2.05, 4.69) is 0 Å². The first-order chi connectivity index (χ1) is 12.0. The number of nitrogens with two attached hydrogens (primary N) is 1. The van der Waals surface area contributed by atoms with Crippen molar-refractivity contribution in [2.45, 2.75) is 12.4 Å². The molecule has 4 N–H and O–H groups in total. The summed E-state index contributed by atoms with van der Waals surface area (Å²) < 4.78 is 30.2. The van der Waals surface area contributed by atoms with Gasteiger partial charge in [-0.25, -0.2) is 0 Å². The number of benzene rings is 2. The zero-order valence-electron chi connectivity index (χ0n) is 14.4. The lowest BCUT2D eigenvalue weighted by atomic mass is 10.1. The quantitative estimate of drug-likeness (QED) is 0.410. The van der Waals surface area contributed by atoms with E-state index in [4.69, 9.17) is 8.93 Å². The summed E-state index contributed by atoms with van der Waals surface area (Å²) in [5.74, 6) is -0.296. The fourth-order valence-electron chi connectivity index (χ4n) is 1.75. The predicted octanol–water partition coefficient (Wildman–Crippen LogP) is 3.95. The van der Waals surface area contributed by atoms with Crippen LogP contribution in [0.5, 0.6) is 17.2 Å². The number of carbonyl (C=O) groups is 1. The van der Waals surface area contributed by atoms with Crippen LogP contribution in [0.4, 0.5) is 0 Å². The van der Waals surface area contributed by atoms with Crippen molar-refractivity contribution in [3.05, 3.63) is 46.6 Å². The Morgan fingerprint density at radius 1 is 1.26 bits per heavy atom. The Morgan fingerprint density at radius 2 is 1.91 bits per heavy atom. The molecule has 0 aliphatic heterocycles. The zero-order valence-corrected chi connectivity index (χ0v) is 17.9. The lowest BCUT2D eigenvalue weighted by molar-refractivity contribution is -0.138. The maximum Gasteiger partial charge on any atom is 0.320 e. The Hall–Kier alpha value is -0.340. The van der Waals surface area contributed by atoms with Gasteiger partial charge in [0.2, 0.25) is 0 Å². The van der Waals surface area contributed by atoms with Crippen LogP contribution >= 0.6 is 67.8 Å². The van der Waals surface area contributed by atoms with Crippen LogP contribution in [0.1, 0.15) is 6.93 Å². The monoisotopic (exact) mass is 657 g/mol. The van der Waals surface area contributed by atoms with Gasteiger partial charge in [0.25, 0.3) is 0 Å². The highest BCUT2D eigenvalue weighted by molar-refractivity contribution is 14.1. The van der Waals surface area contributed by atoms with E-state index >= 15 is 0 Å². The van der Waals surface area contributed by atoms with Gasteiger partial charge in [-0.1, -0.05) is 0 Å². The largest absolute Gasteiger partial charge is 0.507 e. The lowest BCUT2D eigenvalue weighted by Gasteiger charge is -2.13. The average Bonchev–Trinajstić information content (AvgIpc) is 2.53. The molecule has 0 heterocycles. The highest BCUT2D eigenvalue weighted by atomic mass is 127. The number of halogens is 3. The van der Waals surface area contributed by atoms with Crippen LogP contribution in [-0.2, 0) is 11.2 Å². The van der Waals surface area contributed by atoms with Gasteiger partial charge in [-0.05, 0) is 110 Å². The van der Waals surface area contributed by atoms with E-state index < -0.39 is 12.0 Å². The highest BCUT2D eigenvalue weighted by Crippen LogP contribution is 2.34. The van der Waals surface area contributed by atoms with Crippen molar-refractivity contribution in [1.29, 1.82) is 0 Å². The average molecular weight is 657 g/mol. The number of aliphatic carboxylic acids is 1. The third kappa shape index (κ3) is 5.06. The number of carboxylic acids is 1. The third-order valence-corrected chi connectivity index (χ3v) is 5.28. The topological polar surface area (TPSA) is 92.8 Å². The van der Waals surface area contributed by atoms with E-state index in [-0.39, 0.29) is 17.9 Å². The van der Waals surface area contributed by atoms with Crippen molar-refractivity contribution in [3.8, 4) is 17.2 Å². The molecule has 0 radical (unpaired) electrons. The molecule has 0 spiro atoms. The Kier molecular flexibility index (Phi) is 5.31. The molecule has 0 aliphatic rings.